The van der Waals surface area contributed by atoms with Crippen molar-refractivity contribution in [2.45, 2.75) is 18.5 Å². The van der Waals surface area contributed by atoms with Crippen molar-refractivity contribution < 1.29 is 14.3 Å². The molecule has 146 valence electrons. The Bertz CT molecular complexity index is 751. The second kappa shape index (κ2) is 8.45. The Labute approximate surface area is 158 Å². The Balaban J connectivity index is 1.70. The standard InChI is InChI=1S/C18H26N6O3/c1-22(2)18(17-19-20-21-24(17)11-12-26-3)9-10-23(14-18)16(25)13-27-15-7-5-4-6-8-15/h4-8H,9-14H2,1-3H3. The van der Waals surface area contributed by atoms with Crippen molar-refractivity contribution in [1.82, 2.24) is 30.0 Å². The highest BCUT2D eigenvalue weighted by Crippen LogP contribution is 2.35. The quantitative estimate of drug-likeness (QED) is 0.661. The SMILES string of the molecule is COCCn1nnnc1C1(N(C)C)CCN(C(=O)COc2ccccc2)C1. The lowest BCUT2D eigenvalue weighted by atomic mass is 9.96. The molecule has 0 radical (unpaired) electrons. The summed E-state index contributed by atoms with van der Waals surface area (Å²) in [6.07, 6.45) is 0.754. The van der Waals surface area contributed by atoms with Gasteiger partial charge in [0, 0.05) is 20.2 Å². The lowest BCUT2D eigenvalue weighted by Gasteiger charge is -2.34. The smallest absolute Gasteiger partial charge is 0.260 e. The van der Waals surface area contributed by atoms with E-state index in [1.165, 1.54) is 0 Å². The van der Waals surface area contributed by atoms with E-state index < -0.39 is 5.54 Å². The van der Waals surface area contributed by atoms with Crippen LogP contribution in [0.1, 0.15) is 12.2 Å². The van der Waals surface area contributed by atoms with Crippen molar-refractivity contribution in [2.24, 2.45) is 0 Å². The van der Waals surface area contributed by atoms with Gasteiger partial charge >= 0.3 is 0 Å². The van der Waals surface area contributed by atoms with Gasteiger partial charge in [0.2, 0.25) is 0 Å². The number of carbonyl (C=O) groups is 1. The van der Waals surface area contributed by atoms with Crippen LogP contribution in [0.2, 0.25) is 0 Å². The van der Waals surface area contributed by atoms with Crippen LogP contribution in [0.15, 0.2) is 30.3 Å². The average molecular weight is 374 g/mol. The van der Waals surface area contributed by atoms with Crippen LogP contribution in [-0.4, -0.2) is 83.4 Å². The number of para-hydroxylation sites is 1. The molecule has 1 amide bonds. The summed E-state index contributed by atoms with van der Waals surface area (Å²) in [5.74, 6) is 1.40. The van der Waals surface area contributed by atoms with E-state index in [1.807, 2.05) is 49.3 Å². The summed E-state index contributed by atoms with van der Waals surface area (Å²) in [6.45, 7) is 2.26. The number of methoxy groups -OCH3 is 1. The minimum Gasteiger partial charge on any atom is -0.484 e. The number of likely N-dealkylation sites (N-methyl/N-ethyl adjacent to an activating group) is 1. The van der Waals surface area contributed by atoms with Gasteiger partial charge in [-0.05, 0) is 43.1 Å². The Morgan fingerprint density at radius 1 is 1.30 bits per heavy atom. The molecule has 1 saturated heterocycles. The Hall–Kier alpha value is -2.52. The molecule has 3 rings (SSSR count). The third kappa shape index (κ3) is 4.09. The zero-order valence-electron chi connectivity index (χ0n) is 16.0. The molecule has 9 nitrogen and oxygen atoms in total. The van der Waals surface area contributed by atoms with Gasteiger partial charge in [0.05, 0.1) is 13.2 Å². The van der Waals surface area contributed by atoms with Gasteiger partial charge in [-0.2, -0.15) is 0 Å². The summed E-state index contributed by atoms with van der Waals surface area (Å²) >= 11 is 0. The Morgan fingerprint density at radius 2 is 2.07 bits per heavy atom. The highest BCUT2D eigenvalue weighted by Gasteiger charge is 2.47. The fourth-order valence-corrected chi connectivity index (χ4v) is 3.37. The van der Waals surface area contributed by atoms with Gasteiger partial charge in [-0.1, -0.05) is 18.2 Å². The van der Waals surface area contributed by atoms with E-state index in [2.05, 4.69) is 20.4 Å². The van der Waals surface area contributed by atoms with Crippen LogP contribution in [0.3, 0.4) is 0 Å². The predicted molar refractivity (Wildman–Crippen MR) is 98.2 cm³/mol. The summed E-state index contributed by atoms with van der Waals surface area (Å²) in [5, 5.41) is 12.2. The monoisotopic (exact) mass is 374 g/mol. The molecule has 0 saturated carbocycles. The first-order valence-corrected chi connectivity index (χ1v) is 8.95. The number of hydrogen-bond donors (Lipinski definition) is 0. The maximum absolute atomic E-state index is 12.7. The lowest BCUT2D eigenvalue weighted by Crippen LogP contribution is -2.47. The molecule has 1 unspecified atom stereocenters. The van der Waals surface area contributed by atoms with Gasteiger partial charge in [0.25, 0.3) is 5.91 Å². The highest BCUT2D eigenvalue weighted by atomic mass is 16.5. The molecule has 27 heavy (non-hydrogen) atoms. The molecule has 1 aliphatic rings. The first-order chi connectivity index (χ1) is 13.1. The van der Waals surface area contributed by atoms with Crippen molar-refractivity contribution in [3.05, 3.63) is 36.2 Å². The molecule has 1 fully saturated rings. The van der Waals surface area contributed by atoms with Gasteiger partial charge in [0.1, 0.15) is 11.3 Å². The molecular weight excluding hydrogens is 348 g/mol. The molecule has 0 bridgehead atoms. The molecule has 0 spiro atoms. The maximum atomic E-state index is 12.7. The van der Waals surface area contributed by atoms with Crippen molar-refractivity contribution in [2.75, 3.05) is 47.5 Å². The van der Waals surface area contributed by atoms with E-state index in [-0.39, 0.29) is 12.5 Å². The molecule has 1 atom stereocenters. The van der Waals surface area contributed by atoms with E-state index in [4.69, 9.17) is 9.47 Å². The summed E-state index contributed by atoms with van der Waals surface area (Å²) in [5.41, 5.74) is -0.431. The van der Waals surface area contributed by atoms with Gasteiger partial charge in [-0.25, -0.2) is 4.68 Å². The molecule has 0 aliphatic carbocycles. The first-order valence-electron chi connectivity index (χ1n) is 8.95. The zero-order valence-corrected chi connectivity index (χ0v) is 16.0. The molecule has 1 aliphatic heterocycles. The van der Waals surface area contributed by atoms with Crippen molar-refractivity contribution in [3.63, 3.8) is 0 Å². The summed E-state index contributed by atoms with van der Waals surface area (Å²) < 4.78 is 12.5. The second-order valence-corrected chi connectivity index (χ2v) is 6.81. The van der Waals surface area contributed by atoms with Gasteiger partial charge in [-0.3, -0.25) is 9.69 Å². The Kier molecular flexibility index (Phi) is 6.02. The molecule has 0 N–H and O–H groups in total. The van der Waals surface area contributed by atoms with E-state index in [0.29, 0.717) is 32.0 Å². The zero-order chi connectivity index (χ0) is 19.3. The van der Waals surface area contributed by atoms with E-state index in [1.54, 1.807) is 11.8 Å². The summed E-state index contributed by atoms with van der Waals surface area (Å²) in [7, 11) is 5.63. The van der Waals surface area contributed by atoms with Gasteiger partial charge in [0.15, 0.2) is 12.4 Å². The van der Waals surface area contributed by atoms with Crippen molar-refractivity contribution in [1.29, 1.82) is 0 Å². The Morgan fingerprint density at radius 3 is 2.78 bits per heavy atom. The number of likely N-dealkylation sites (tertiary alicyclic amines) is 1. The number of carbonyl (C=O) groups excluding carboxylic acids is 1. The largest absolute Gasteiger partial charge is 0.484 e. The van der Waals surface area contributed by atoms with Crippen LogP contribution in [0.25, 0.3) is 0 Å². The van der Waals surface area contributed by atoms with Gasteiger partial charge in [-0.15, -0.1) is 5.10 Å². The number of tetrazole rings is 1. The number of ether oxygens (including phenoxy) is 2. The summed E-state index contributed by atoms with van der Waals surface area (Å²) in [6, 6.07) is 9.35. The number of hydrogen-bond acceptors (Lipinski definition) is 7. The van der Waals surface area contributed by atoms with Crippen LogP contribution in [0.4, 0.5) is 0 Å². The molecule has 2 aromatic rings. The number of nitrogens with zero attached hydrogens (tertiary/aromatic N) is 6. The molecule has 2 heterocycles. The minimum atomic E-state index is -0.431. The van der Waals surface area contributed by atoms with Crippen LogP contribution >= 0.6 is 0 Å². The predicted octanol–water partition coefficient (Wildman–Crippen LogP) is 0.388. The topological polar surface area (TPSA) is 85.6 Å². The maximum Gasteiger partial charge on any atom is 0.260 e. The third-order valence-electron chi connectivity index (χ3n) is 5.02. The number of aromatic nitrogens is 4. The fraction of sp³-hybridized carbons (Fsp3) is 0.556. The minimum absolute atomic E-state index is 0.0160. The van der Waals surface area contributed by atoms with Crippen LogP contribution < -0.4 is 4.74 Å². The molecular formula is C18H26N6O3. The summed E-state index contributed by atoms with van der Waals surface area (Å²) in [4.78, 5) is 16.6. The number of benzene rings is 1. The van der Waals surface area contributed by atoms with Crippen LogP contribution in [-0.2, 0) is 21.6 Å². The van der Waals surface area contributed by atoms with Crippen LogP contribution in [0, 0.1) is 0 Å². The van der Waals surface area contributed by atoms with Gasteiger partial charge < -0.3 is 14.4 Å². The molecule has 1 aromatic heterocycles. The number of amides is 1. The van der Waals surface area contributed by atoms with E-state index >= 15 is 0 Å². The van der Waals surface area contributed by atoms with E-state index in [0.717, 1.165) is 12.2 Å². The third-order valence-corrected chi connectivity index (χ3v) is 5.02. The van der Waals surface area contributed by atoms with Crippen molar-refractivity contribution in [3.8, 4) is 5.75 Å². The normalized spacial score (nSPS) is 19.6. The second-order valence-electron chi connectivity index (χ2n) is 6.81. The van der Waals surface area contributed by atoms with Crippen molar-refractivity contribution >= 4 is 5.91 Å². The lowest BCUT2D eigenvalue weighted by molar-refractivity contribution is -0.132. The van der Waals surface area contributed by atoms with Crippen LogP contribution in [0.5, 0.6) is 5.75 Å². The highest BCUT2D eigenvalue weighted by molar-refractivity contribution is 5.78. The number of rotatable bonds is 8. The first kappa shape index (κ1) is 19.2. The molecule has 9 heteroatoms. The molecule has 1 aromatic carbocycles. The fourth-order valence-electron chi connectivity index (χ4n) is 3.37. The average Bonchev–Trinajstić information content (AvgIpc) is 3.33. The van der Waals surface area contributed by atoms with E-state index in [9.17, 15) is 4.79 Å².